The number of rotatable bonds is 3. The maximum absolute atomic E-state index is 14.1. The smallest absolute Gasteiger partial charge is 0.273 e. The Morgan fingerprint density at radius 3 is 2.79 bits per heavy atom. The van der Waals surface area contributed by atoms with E-state index in [1.165, 1.54) is 12.1 Å². The summed E-state index contributed by atoms with van der Waals surface area (Å²) >= 11 is 0. The Bertz CT molecular complexity index is 1310. The van der Waals surface area contributed by atoms with Crippen LogP contribution in [0.1, 0.15) is 51.5 Å². The first-order valence-electron chi connectivity index (χ1n) is 11.2. The van der Waals surface area contributed by atoms with Gasteiger partial charge in [0.15, 0.2) is 11.6 Å². The highest BCUT2D eigenvalue weighted by molar-refractivity contribution is 5.99. The lowest BCUT2D eigenvalue weighted by molar-refractivity contribution is 0.0594. The van der Waals surface area contributed by atoms with Crippen molar-refractivity contribution >= 4 is 22.7 Å². The largest absolute Gasteiger partial charge is 0.395 e. The molecule has 4 heterocycles. The van der Waals surface area contributed by atoms with E-state index in [-0.39, 0.29) is 48.1 Å². The number of aliphatic hydroxyl groups excluding tert-OH is 1. The third-order valence-corrected chi connectivity index (χ3v) is 7.27. The molecule has 0 unspecified atom stereocenters. The summed E-state index contributed by atoms with van der Waals surface area (Å²) in [6, 6.07) is 3.75. The molecule has 8 nitrogen and oxygen atoms in total. The van der Waals surface area contributed by atoms with E-state index in [1.807, 2.05) is 0 Å². The molecule has 2 aliphatic heterocycles. The molecule has 6 rings (SSSR count). The fraction of sp³-hybridized carbons (Fsp3) is 0.435. The Hall–Kier alpha value is -3.27. The highest BCUT2D eigenvalue weighted by Gasteiger charge is 2.52. The Balaban J connectivity index is 1.32. The second-order valence-corrected chi connectivity index (χ2v) is 9.13. The van der Waals surface area contributed by atoms with Gasteiger partial charge >= 0.3 is 0 Å². The van der Waals surface area contributed by atoms with E-state index < -0.39 is 11.6 Å². The van der Waals surface area contributed by atoms with Gasteiger partial charge in [-0.1, -0.05) is 0 Å². The molecule has 0 radical (unpaired) electrons. The number of amides is 2. The quantitative estimate of drug-likeness (QED) is 0.633. The molecule has 0 saturated heterocycles. The van der Waals surface area contributed by atoms with E-state index in [1.54, 1.807) is 14.5 Å². The Labute approximate surface area is 187 Å². The number of fused-ring (bicyclic) bond motifs is 4. The number of hydrogen-bond donors (Lipinski definition) is 2. The van der Waals surface area contributed by atoms with Gasteiger partial charge < -0.3 is 19.9 Å². The van der Waals surface area contributed by atoms with Gasteiger partial charge in [-0.3, -0.25) is 14.3 Å². The number of nitrogens with zero attached hydrogens (tertiary/aromatic N) is 4. The van der Waals surface area contributed by atoms with Crippen LogP contribution in [0.3, 0.4) is 0 Å². The first-order chi connectivity index (χ1) is 15.9. The summed E-state index contributed by atoms with van der Waals surface area (Å²) in [6.07, 6.45) is 3.15. The fourth-order valence-corrected chi connectivity index (χ4v) is 5.32. The summed E-state index contributed by atoms with van der Waals surface area (Å²) in [5.74, 6) is -2.45. The van der Waals surface area contributed by atoms with Crippen molar-refractivity contribution in [3.05, 3.63) is 52.5 Å². The van der Waals surface area contributed by atoms with Gasteiger partial charge in [0.1, 0.15) is 11.4 Å². The van der Waals surface area contributed by atoms with Crippen molar-refractivity contribution in [2.45, 2.75) is 44.3 Å². The Morgan fingerprint density at radius 2 is 2.03 bits per heavy atom. The number of aliphatic hydroxyl groups is 1. The lowest BCUT2D eigenvalue weighted by atomic mass is 10.0. The van der Waals surface area contributed by atoms with Crippen LogP contribution >= 0.6 is 0 Å². The van der Waals surface area contributed by atoms with Gasteiger partial charge in [0.25, 0.3) is 11.8 Å². The van der Waals surface area contributed by atoms with Gasteiger partial charge in [0, 0.05) is 48.1 Å². The summed E-state index contributed by atoms with van der Waals surface area (Å²) in [5, 5.41) is 14.2. The number of hydrogen-bond acceptors (Lipinski definition) is 4. The van der Waals surface area contributed by atoms with Crippen molar-refractivity contribution in [3.63, 3.8) is 0 Å². The van der Waals surface area contributed by atoms with E-state index >= 15 is 0 Å². The zero-order chi connectivity index (χ0) is 22.9. The van der Waals surface area contributed by atoms with E-state index in [0.29, 0.717) is 30.7 Å². The van der Waals surface area contributed by atoms with Gasteiger partial charge in [-0.25, -0.2) is 8.78 Å². The van der Waals surface area contributed by atoms with Crippen LogP contribution in [0, 0.1) is 11.6 Å². The average Bonchev–Trinajstić information content (AvgIpc) is 3.34. The third kappa shape index (κ3) is 3.00. The first-order valence-corrected chi connectivity index (χ1v) is 11.2. The molecule has 1 saturated carbocycles. The molecule has 0 atom stereocenters. The number of nitrogens with one attached hydrogen (secondary N) is 1. The number of carbonyl (C=O) groups excluding carboxylic acids is 2. The highest BCUT2D eigenvalue weighted by Crippen LogP contribution is 2.47. The third-order valence-electron chi connectivity index (χ3n) is 7.27. The van der Waals surface area contributed by atoms with Crippen LogP contribution in [0.4, 0.5) is 8.78 Å². The maximum atomic E-state index is 14.1. The molecule has 2 amide bonds. The zero-order valence-corrected chi connectivity index (χ0v) is 17.9. The van der Waals surface area contributed by atoms with Crippen molar-refractivity contribution in [3.8, 4) is 0 Å². The molecule has 1 aliphatic carbocycles. The van der Waals surface area contributed by atoms with Crippen LogP contribution in [0.2, 0.25) is 0 Å². The molecule has 172 valence electrons. The van der Waals surface area contributed by atoms with Gasteiger partial charge in [-0.2, -0.15) is 5.10 Å². The van der Waals surface area contributed by atoms with Gasteiger partial charge in [0.2, 0.25) is 0 Å². The molecule has 1 aromatic carbocycles. The van der Waals surface area contributed by atoms with Gasteiger partial charge in [-0.05, 0) is 37.5 Å². The Morgan fingerprint density at radius 1 is 1.21 bits per heavy atom. The van der Waals surface area contributed by atoms with Crippen molar-refractivity contribution in [2.24, 2.45) is 0 Å². The molecule has 0 bridgehead atoms. The minimum Gasteiger partial charge on any atom is -0.395 e. The van der Waals surface area contributed by atoms with Crippen LogP contribution in [-0.4, -0.2) is 66.7 Å². The summed E-state index contributed by atoms with van der Waals surface area (Å²) in [4.78, 5) is 33.0. The summed E-state index contributed by atoms with van der Waals surface area (Å²) in [6.45, 7) is 1.41. The van der Waals surface area contributed by atoms with Crippen molar-refractivity contribution in [1.29, 1.82) is 0 Å². The van der Waals surface area contributed by atoms with Gasteiger partial charge in [-0.15, -0.1) is 0 Å². The second kappa shape index (κ2) is 7.11. The van der Waals surface area contributed by atoms with Crippen molar-refractivity contribution in [2.75, 3.05) is 19.7 Å². The van der Waals surface area contributed by atoms with E-state index in [0.717, 1.165) is 36.6 Å². The molecule has 3 aliphatic rings. The Kier molecular flexibility index (Phi) is 4.39. The predicted molar refractivity (Wildman–Crippen MR) is 114 cm³/mol. The average molecular weight is 455 g/mol. The number of β-amino-alcohol motifs (C(OH)–C–C–N with tert-alkyl or cyclic N) is 1. The van der Waals surface area contributed by atoms with Crippen LogP contribution in [-0.2, 0) is 19.5 Å². The summed E-state index contributed by atoms with van der Waals surface area (Å²) < 4.78 is 29.5. The lowest BCUT2D eigenvalue weighted by Gasteiger charge is -2.30. The second-order valence-electron chi connectivity index (χ2n) is 9.13. The molecule has 2 N–H and O–H groups in total. The predicted octanol–water partition coefficient (Wildman–Crippen LogP) is 2.21. The number of aromatic amines is 1. The molecule has 33 heavy (non-hydrogen) atoms. The van der Waals surface area contributed by atoms with Crippen LogP contribution < -0.4 is 0 Å². The molecule has 2 aromatic heterocycles. The molecular weight excluding hydrogens is 432 g/mol. The van der Waals surface area contributed by atoms with Crippen LogP contribution in [0.15, 0.2) is 18.2 Å². The van der Waals surface area contributed by atoms with Crippen LogP contribution in [0.25, 0.3) is 10.9 Å². The lowest BCUT2D eigenvalue weighted by Crippen LogP contribution is -2.44. The number of halogens is 2. The number of benzene rings is 1. The van der Waals surface area contributed by atoms with E-state index in [9.17, 15) is 23.5 Å². The topological polar surface area (TPSA) is 94.5 Å². The number of carbonyl (C=O) groups is 2. The van der Waals surface area contributed by atoms with E-state index in [2.05, 4.69) is 10.1 Å². The maximum Gasteiger partial charge on any atom is 0.273 e. The SMILES string of the molecule is O=C(c1cc2c(F)c(F)ccc2[nH]1)N1CCc2nn3c(c2C1)C(=O)N(CCO)C1(CC3)CC1. The van der Waals surface area contributed by atoms with Gasteiger partial charge in [0.05, 0.1) is 18.8 Å². The number of aryl methyl sites for hydroxylation is 1. The first kappa shape index (κ1) is 20.3. The molecular formula is C23H23F2N5O3. The monoisotopic (exact) mass is 455 g/mol. The minimum atomic E-state index is -0.991. The van der Waals surface area contributed by atoms with E-state index in [4.69, 9.17) is 0 Å². The zero-order valence-electron chi connectivity index (χ0n) is 17.9. The summed E-state index contributed by atoms with van der Waals surface area (Å²) in [5.41, 5.74) is 2.35. The van der Waals surface area contributed by atoms with Crippen molar-refractivity contribution in [1.82, 2.24) is 24.6 Å². The fourth-order valence-electron chi connectivity index (χ4n) is 5.32. The molecule has 10 heteroatoms. The molecule has 1 spiro atoms. The number of H-pyrrole nitrogens is 1. The molecule has 1 fully saturated rings. The van der Waals surface area contributed by atoms with Crippen LogP contribution in [0.5, 0.6) is 0 Å². The molecule has 3 aromatic rings. The standard InChI is InChI=1S/C23H23F2N5O3/c24-15-1-2-16-13(19(15)25)11-18(26-16)21(32)28-7-3-17-14(12-28)20-22(33)29(9-10-31)23(4-5-23)6-8-30(20)27-17/h1-2,11,26,31H,3-10,12H2. The normalized spacial score (nSPS) is 19.1. The van der Waals surface area contributed by atoms with Crippen molar-refractivity contribution < 1.29 is 23.5 Å². The summed E-state index contributed by atoms with van der Waals surface area (Å²) in [7, 11) is 0. The minimum absolute atomic E-state index is 0.0278. The highest BCUT2D eigenvalue weighted by atomic mass is 19.2. The number of aromatic nitrogens is 3.